The standard InChI is InChI=1S/C18H21F2N/c1-11-6-5-7-12(2)14(11)9-18(21-4)15-8-13(3)16(19)10-17(15)20/h5-8,10,18,21H,9H2,1-4H3. The first kappa shape index (κ1) is 15.6. The first-order valence-corrected chi connectivity index (χ1v) is 7.12. The molecular formula is C18H21F2N. The van der Waals surface area contributed by atoms with Crippen molar-refractivity contribution in [2.75, 3.05) is 7.05 Å². The summed E-state index contributed by atoms with van der Waals surface area (Å²) in [7, 11) is 1.80. The van der Waals surface area contributed by atoms with Gasteiger partial charge in [-0.25, -0.2) is 8.78 Å². The van der Waals surface area contributed by atoms with Gasteiger partial charge in [-0.15, -0.1) is 0 Å². The van der Waals surface area contributed by atoms with Gasteiger partial charge < -0.3 is 5.32 Å². The van der Waals surface area contributed by atoms with Crippen LogP contribution in [0.15, 0.2) is 30.3 Å². The Bertz CT molecular complexity index is 630. The van der Waals surface area contributed by atoms with Gasteiger partial charge in [0.1, 0.15) is 11.6 Å². The van der Waals surface area contributed by atoms with Crippen molar-refractivity contribution in [3.8, 4) is 0 Å². The summed E-state index contributed by atoms with van der Waals surface area (Å²) < 4.78 is 27.5. The van der Waals surface area contributed by atoms with Crippen molar-refractivity contribution in [2.24, 2.45) is 0 Å². The zero-order valence-electron chi connectivity index (χ0n) is 12.9. The summed E-state index contributed by atoms with van der Waals surface area (Å²) in [6.45, 7) is 5.77. The van der Waals surface area contributed by atoms with Crippen LogP contribution in [0.3, 0.4) is 0 Å². The van der Waals surface area contributed by atoms with E-state index < -0.39 is 11.6 Å². The van der Waals surface area contributed by atoms with Crippen LogP contribution in [0.1, 0.15) is 33.9 Å². The Balaban J connectivity index is 2.39. The van der Waals surface area contributed by atoms with Gasteiger partial charge in [0.2, 0.25) is 0 Å². The van der Waals surface area contributed by atoms with E-state index >= 15 is 0 Å². The minimum Gasteiger partial charge on any atom is -0.313 e. The van der Waals surface area contributed by atoms with Crippen LogP contribution in [0.5, 0.6) is 0 Å². The van der Waals surface area contributed by atoms with E-state index in [1.165, 1.54) is 16.7 Å². The number of hydrogen-bond donors (Lipinski definition) is 1. The second-order valence-electron chi connectivity index (χ2n) is 5.54. The summed E-state index contributed by atoms with van der Waals surface area (Å²) in [6.07, 6.45) is 0.678. The first-order chi connectivity index (χ1) is 9.93. The third-order valence-corrected chi connectivity index (χ3v) is 4.05. The van der Waals surface area contributed by atoms with E-state index in [9.17, 15) is 8.78 Å². The highest BCUT2D eigenvalue weighted by Crippen LogP contribution is 2.26. The monoisotopic (exact) mass is 289 g/mol. The lowest BCUT2D eigenvalue weighted by atomic mass is 9.92. The smallest absolute Gasteiger partial charge is 0.130 e. The van der Waals surface area contributed by atoms with E-state index in [4.69, 9.17) is 0 Å². The van der Waals surface area contributed by atoms with E-state index in [0.717, 1.165) is 6.07 Å². The molecule has 0 aliphatic heterocycles. The zero-order chi connectivity index (χ0) is 15.6. The topological polar surface area (TPSA) is 12.0 Å². The SMILES string of the molecule is CNC(Cc1c(C)cccc1C)c1cc(C)c(F)cc1F. The van der Waals surface area contributed by atoms with Crippen molar-refractivity contribution in [1.29, 1.82) is 0 Å². The predicted octanol–water partition coefficient (Wildman–Crippen LogP) is 4.39. The summed E-state index contributed by atoms with van der Waals surface area (Å²) in [5.74, 6) is -0.998. The second-order valence-corrected chi connectivity index (χ2v) is 5.54. The number of hydrogen-bond acceptors (Lipinski definition) is 1. The Hall–Kier alpha value is -1.74. The molecular weight excluding hydrogens is 268 g/mol. The van der Waals surface area contributed by atoms with Gasteiger partial charge in [0, 0.05) is 17.7 Å². The summed E-state index contributed by atoms with van der Waals surface area (Å²) in [5.41, 5.74) is 4.56. The van der Waals surface area contributed by atoms with E-state index in [0.29, 0.717) is 17.5 Å². The number of nitrogens with one attached hydrogen (secondary N) is 1. The zero-order valence-corrected chi connectivity index (χ0v) is 12.9. The maximum Gasteiger partial charge on any atom is 0.130 e. The van der Waals surface area contributed by atoms with Gasteiger partial charge in [0.05, 0.1) is 0 Å². The molecule has 0 aliphatic rings. The third-order valence-electron chi connectivity index (χ3n) is 4.05. The molecule has 1 atom stereocenters. The minimum absolute atomic E-state index is 0.177. The molecule has 0 saturated heterocycles. The largest absolute Gasteiger partial charge is 0.313 e. The third kappa shape index (κ3) is 3.30. The molecule has 1 N–H and O–H groups in total. The number of halogens is 2. The van der Waals surface area contributed by atoms with Crippen LogP contribution in [0, 0.1) is 32.4 Å². The molecule has 2 aromatic carbocycles. The molecule has 0 bridgehead atoms. The predicted molar refractivity (Wildman–Crippen MR) is 82.5 cm³/mol. The Morgan fingerprint density at radius 2 is 1.57 bits per heavy atom. The number of rotatable bonds is 4. The van der Waals surface area contributed by atoms with Crippen LogP contribution in [0.4, 0.5) is 8.78 Å². The first-order valence-electron chi connectivity index (χ1n) is 7.12. The fourth-order valence-electron chi connectivity index (χ4n) is 2.69. The van der Waals surface area contributed by atoms with Gasteiger partial charge in [0.25, 0.3) is 0 Å². The molecule has 21 heavy (non-hydrogen) atoms. The van der Waals surface area contributed by atoms with Gasteiger partial charge in [-0.2, -0.15) is 0 Å². The summed E-state index contributed by atoms with van der Waals surface area (Å²) >= 11 is 0. The highest BCUT2D eigenvalue weighted by molar-refractivity contribution is 5.36. The van der Waals surface area contributed by atoms with Crippen LogP contribution in [0.2, 0.25) is 0 Å². The molecule has 2 rings (SSSR count). The highest BCUT2D eigenvalue weighted by atomic mass is 19.1. The molecule has 0 heterocycles. The van der Waals surface area contributed by atoms with Gasteiger partial charge in [-0.05, 0) is 62.6 Å². The van der Waals surface area contributed by atoms with E-state index in [2.05, 4.69) is 31.3 Å². The molecule has 1 unspecified atom stereocenters. The molecule has 0 radical (unpaired) electrons. The van der Waals surface area contributed by atoms with Crippen LogP contribution in [0.25, 0.3) is 0 Å². The second kappa shape index (κ2) is 6.35. The lowest BCUT2D eigenvalue weighted by Crippen LogP contribution is -2.21. The molecule has 2 aromatic rings. The molecule has 3 heteroatoms. The molecule has 0 fully saturated rings. The van der Waals surface area contributed by atoms with Crippen molar-refractivity contribution in [2.45, 2.75) is 33.2 Å². The average Bonchev–Trinajstić information content (AvgIpc) is 2.43. The summed E-state index contributed by atoms with van der Waals surface area (Å²) in [5, 5.41) is 3.15. The fraction of sp³-hybridized carbons (Fsp3) is 0.333. The molecule has 0 amide bonds. The number of aryl methyl sites for hydroxylation is 3. The quantitative estimate of drug-likeness (QED) is 0.880. The Labute approximate surface area is 125 Å². The maximum absolute atomic E-state index is 14.1. The highest BCUT2D eigenvalue weighted by Gasteiger charge is 2.18. The molecule has 0 aliphatic carbocycles. The Kier molecular flexibility index (Phi) is 4.73. The van der Waals surface area contributed by atoms with E-state index in [1.54, 1.807) is 20.0 Å². The molecule has 1 nitrogen and oxygen atoms in total. The van der Waals surface area contributed by atoms with Gasteiger partial charge >= 0.3 is 0 Å². The number of benzene rings is 2. The van der Waals surface area contributed by atoms with Crippen molar-refractivity contribution in [3.05, 3.63) is 69.8 Å². The Morgan fingerprint density at radius 1 is 0.952 bits per heavy atom. The van der Waals surface area contributed by atoms with Crippen LogP contribution >= 0.6 is 0 Å². The van der Waals surface area contributed by atoms with E-state index in [-0.39, 0.29) is 6.04 Å². The van der Waals surface area contributed by atoms with Crippen LogP contribution in [-0.2, 0) is 6.42 Å². The van der Waals surface area contributed by atoms with E-state index in [1.807, 2.05) is 6.07 Å². The maximum atomic E-state index is 14.1. The van der Waals surface area contributed by atoms with Crippen molar-refractivity contribution < 1.29 is 8.78 Å². The minimum atomic E-state index is -0.502. The van der Waals surface area contributed by atoms with Crippen LogP contribution in [-0.4, -0.2) is 7.05 Å². The van der Waals surface area contributed by atoms with Gasteiger partial charge in [-0.1, -0.05) is 18.2 Å². The van der Waals surface area contributed by atoms with Crippen LogP contribution < -0.4 is 5.32 Å². The molecule has 0 aromatic heterocycles. The van der Waals surface area contributed by atoms with Crippen molar-refractivity contribution >= 4 is 0 Å². The van der Waals surface area contributed by atoms with Gasteiger partial charge in [0.15, 0.2) is 0 Å². The normalized spacial score (nSPS) is 12.5. The van der Waals surface area contributed by atoms with Crippen molar-refractivity contribution in [3.63, 3.8) is 0 Å². The van der Waals surface area contributed by atoms with Gasteiger partial charge in [-0.3, -0.25) is 0 Å². The fourth-order valence-corrected chi connectivity index (χ4v) is 2.69. The Morgan fingerprint density at radius 3 is 2.14 bits per heavy atom. The number of likely N-dealkylation sites (N-methyl/N-ethyl adjacent to an activating group) is 1. The molecule has 0 spiro atoms. The lowest BCUT2D eigenvalue weighted by molar-refractivity contribution is 0.518. The lowest BCUT2D eigenvalue weighted by Gasteiger charge is -2.20. The molecule has 0 saturated carbocycles. The summed E-state index contributed by atoms with van der Waals surface area (Å²) in [4.78, 5) is 0. The molecule has 112 valence electrons. The summed E-state index contributed by atoms with van der Waals surface area (Å²) in [6, 6.07) is 8.52. The average molecular weight is 289 g/mol. The van der Waals surface area contributed by atoms with Crippen molar-refractivity contribution in [1.82, 2.24) is 5.32 Å².